The summed E-state index contributed by atoms with van der Waals surface area (Å²) in [6.45, 7) is 1.09. The van der Waals surface area contributed by atoms with Crippen molar-refractivity contribution in [1.82, 2.24) is 4.98 Å². The topological polar surface area (TPSA) is 68.7 Å². The lowest BCUT2D eigenvalue weighted by Crippen LogP contribution is -2.25. The molecule has 1 aliphatic heterocycles. The van der Waals surface area contributed by atoms with Crippen molar-refractivity contribution >= 4 is 17.7 Å². The Morgan fingerprint density at radius 1 is 1.59 bits per heavy atom. The second-order valence-electron chi connectivity index (χ2n) is 3.60. The van der Waals surface area contributed by atoms with Gasteiger partial charge in [0.15, 0.2) is 0 Å². The van der Waals surface area contributed by atoms with Crippen LogP contribution in [0.2, 0.25) is 0 Å². The van der Waals surface area contributed by atoms with Gasteiger partial charge in [-0.3, -0.25) is 0 Å². The molecule has 17 heavy (non-hydrogen) atoms. The fraction of sp³-hybridized carbons (Fsp3) is 0.455. The molecule has 0 bridgehead atoms. The summed E-state index contributed by atoms with van der Waals surface area (Å²) in [5.74, 6) is -0.148. The Kier molecular flexibility index (Phi) is 4.36. The lowest BCUT2D eigenvalue weighted by Gasteiger charge is -2.22. The van der Waals surface area contributed by atoms with Crippen LogP contribution in [0.3, 0.4) is 0 Å². The fourth-order valence-electron chi connectivity index (χ4n) is 1.40. The first-order chi connectivity index (χ1) is 8.25. The van der Waals surface area contributed by atoms with Crippen LogP contribution in [0.5, 0.6) is 0 Å². The van der Waals surface area contributed by atoms with Gasteiger partial charge in [0.1, 0.15) is 6.79 Å². The van der Waals surface area contributed by atoms with Crippen molar-refractivity contribution in [1.29, 1.82) is 0 Å². The van der Waals surface area contributed by atoms with Gasteiger partial charge in [0.25, 0.3) is 0 Å². The molecule has 92 valence electrons. The minimum atomic E-state index is -0.957. The third kappa shape index (κ3) is 3.69. The van der Waals surface area contributed by atoms with Crippen LogP contribution in [0.4, 0.5) is 0 Å². The van der Waals surface area contributed by atoms with Gasteiger partial charge in [-0.05, 0) is 18.6 Å². The first kappa shape index (κ1) is 12.3. The van der Waals surface area contributed by atoms with Crippen LogP contribution in [0.25, 0.3) is 0 Å². The molecule has 0 amide bonds. The Bertz CT molecular complexity index is 376. The molecule has 1 aromatic rings. The summed E-state index contributed by atoms with van der Waals surface area (Å²) in [6.07, 6.45) is 2.45. The van der Waals surface area contributed by atoms with Gasteiger partial charge in [-0.15, -0.1) is 11.8 Å². The van der Waals surface area contributed by atoms with Crippen LogP contribution < -0.4 is 0 Å². The van der Waals surface area contributed by atoms with Crippen LogP contribution in [-0.2, 0) is 9.47 Å². The SMILES string of the molecule is O=C(O)c1ccc(SCC2CCOCO2)nc1. The van der Waals surface area contributed by atoms with Crippen LogP contribution in [-0.4, -0.2) is 41.3 Å². The van der Waals surface area contributed by atoms with Crippen LogP contribution >= 0.6 is 11.8 Å². The van der Waals surface area contributed by atoms with Crippen molar-refractivity contribution < 1.29 is 19.4 Å². The van der Waals surface area contributed by atoms with Crippen LogP contribution in [0, 0.1) is 0 Å². The summed E-state index contributed by atoms with van der Waals surface area (Å²) in [7, 11) is 0. The largest absolute Gasteiger partial charge is 0.478 e. The molecule has 1 aromatic heterocycles. The molecular weight excluding hydrogens is 242 g/mol. The Morgan fingerprint density at radius 2 is 2.47 bits per heavy atom. The van der Waals surface area contributed by atoms with Crippen molar-refractivity contribution in [3.8, 4) is 0 Å². The number of nitrogens with zero attached hydrogens (tertiary/aromatic N) is 1. The normalized spacial score (nSPS) is 20.1. The first-order valence-corrected chi connectivity index (χ1v) is 6.26. The lowest BCUT2D eigenvalue weighted by molar-refractivity contribution is -0.130. The summed E-state index contributed by atoms with van der Waals surface area (Å²) >= 11 is 1.56. The van der Waals surface area contributed by atoms with Gasteiger partial charge in [-0.1, -0.05) is 0 Å². The number of rotatable bonds is 4. The fourth-order valence-corrected chi connectivity index (χ4v) is 2.31. The molecule has 1 atom stereocenters. The number of carbonyl (C=O) groups is 1. The van der Waals surface area contributed by atoms with Gasteiger partial charge in [0.05, 0.1) is 23.3 Å². The van der Waals surface area contributed by atoms with Crippen molar-refractivity contribution in [3.05, 3.63) is 23.9 Å². The Labute approximate surface area is 103 Å². The maximum absolute atomic E-state index is 10.6. The zero-order valence-electron chi connectivity index (χ0n) is 9.17. The molecule has 0 radical (unpaired) electrons. The summed E-state index contributed by atoms with van der Waals surface area (Å²) in [5, 5.41) is 9.54. The number of hydrogen-bond acceptors (Lipinski definition) is 5. The summed E-state index contributed by atoms with van der Waals surface area (Å²) < 4.78 is 10.5. The molecule has 1 aliphatic rings. The number of thioether (sulfide) groups is 1. The zero-order valence-corrected chi connectivity index (χ0v) is 9.98. The van der Waals surface area contributed by atoms with E-state index in [0.717, 1.165) is 23.8 Å². The van der Waals surface area contributed by atoms with Gasteiger partial charge in [0, 0.05) is 11.9 Å². The molecule has 6 heteroatoms. The smallest absolute Gasteiger partial charge is 0.337 e. The van der Waals surface area contributed by atoms with E-state index >= 15 is 0 Å². The summed E-state index contributed by atoms with van der Waals surface area (Å²) in [4.78, 5) is 14.7. The van der Waals surface area contributed by atoms with E-state index in [1.807, 2.05) is 0 Å². The molecule has 2 heterocycles. The predicted octanol–water partition coefficient (Wildman–Crippen LogP) is 1.63. The van der Waals surface area contributed by atoms with Gasteiger partial charge in [-0.25, -0.2) is 9.78 Å². The summed E-state index contributed by atoms with van der Waals surface area (Å²) in [6, 6.07) is 3.27. The standard InChI is InChI=1S/C11H13NO4S/c13-11(14)8-1-2-10(12-5-8)17-6-9-3-4-15-7-16-9/h1-2,5,9H,3-4,6-7H2,(H,13,14). The van der Waals surface area contributed by atoms with E-state index in [2.05, 4.69) is 4.98 Å². The molecule has 0 aliphatic carbocycles. The molecule has 1 N–H and O–H groups in total. The van der Waals surface area contributed by atoms with E-state index in [0.29, 0.717) is 6.79 Å². The highest BCUT2D eigenvalue weighted by molar-refractivity contribution is 7.99. The number of pyridine rings is 1. The second kappa shape index (κ2) is 6.00. The van der Waals surface area contributed by atoms with Crippen molar-refractivity contribution in [2.24, 2.45) is 0 Å². The quantitative estimate of drug-likeness (QED) is 0.825. The maximum Gasteiger partial charge on any atom is 0.337 e. The highest BCUT2D eigenvalue weighted by Gasteiger charge is 2.14. The number of aromatic nitrogens is 1. The number of ether oxygens (including phenoxy) is 2. The van der Waals surface area contributed by atoms with E-state index in [1.54, 1.807) is 23.9 Å². The zero-order chi connectivity index (χ0) is 12.1. The van der Waals surface area contributed by atoms with E-state index in [-0.39, 0.29) is 11.7 Å². The third-order valence-corrected chi connectivity index (χ3v) is 3.45. The third-order valence-electron chi connectivity index (χ3n) is 2.37. The van der Waals surface area contributed by atoms with Crippen molar-refractivity contribution in [3.63, 3.8) is 0 Å². The molecule has 0 saturated carbocycles. The molecular formula is C11H13NO4S. The molecule has 1 saturated heterocycles. The molecule has 2 rings (SSSR count). The lowest BCUT2D eigenvalue weighted by atomic mass is 10.3. The number of carboxylic acid groups (broad SMARTS) is 1. The minimum Gasteiger partial charge on any atom is -0.478 e. The maximum atomic E-state index is 10.6. The van der Waals surface area contributed by atoms with Gasteiger partial charge in [0.2, 0.25) is 0 Å². The van der Waals surface area contributed by atoms with Crippen molar-refractivity contribution in [2.75, 3.05) is 19.2 Å². The first-order valence-electron chi connectivity index (χ1n) is 5.27. The monoisotopic (exact) mass is 255 g/mol. The van der Waals surface area contributed by atoms with Crippen LogP contribution in [0.15, 0.2) is 23.4 Å². The average molecular weight is 255 g/mol. The van der Waals surface area contributed by atoms with E-state index in [1.165, 1.54) is 6.20 Å². The second-order valence-corrected chi connectivity index (χ2v) is 4.65. The molecule has 0 spiro atoms. The highest BCUT2D eigenvalue weighted by Crippen LogP contribution is 2.20. The molecule has 1 unspecified atom stereocenters. The Hall–Kier alpha value is -1.11. The molecule has 0 aromatic carbocycles. The average Bonchev–Trinajstić information content (AvgIpc) is 2.38. The number of hydrogen-bond donors (Lipinski definition) is 1. The number of aromatic carboxylic acids is 1. The van der Waals surface area contributed by atoms with Crippen molar-refractivity contribution in [2.45, 2.75) is 17.6 Å². The summed E-state index contributed by atoms with van der Waals surface area (Å²) in [5.41, 5.74) is 0.205. The van der Waals surface area contributed by atoms with Gasteiger partial charge in [-0.2, -0.15) is 0 Å². The van der Waals surface area contributed by atoms with Gasteiger partial charge < -0.3 is 14.6 Å². The van der Waals surface area contributed by atoms with E-state index in [4.69, 9.17) is 14.6 Å². The Balaban J connectivity index is 1.84. The highest BCUT2D eigenvalue weighted by atomic mass is 32.2. The Morgan fingerprint density at radius 3 is 3.06 bits per heavy atom. The molecule has 1 fully saturated rings. The predicted molar refractivity (Wildman–Crippen MR) is 62.2 cm³/mol. The van der Waals surface area contributed by atoms with Crippen LogP contribution in [0.1, 0.15) is 16.8 Å². The number of carboxylic acids is 1. The van der Waals surface area contributed by atoms with Gasteiger partial charge >= 0.3 is 5.97 Å². The minimum absolute atomic E-state index is 0.190. The van der Waals surface area contributed by atoms with E-state index < -0.39 is 5.97 Å². The molecule has 5 nitrogen and oxygen atoms in total. The van der Waals surface area contributed by atoms with E-state index in [9.17, 15) is 4.79 Å².